The zero-order chi connectivity index (χ0) is 19.9. The van der Waals surface area contributed by atoms with Gasteiger partial charge in [-0.1, -0.05) is 40.9 Å². The first kappa shape index (κ1) is 19.9. The van der Waals surface area contributed by atoms with Crippen molar-refractivity contribution < 1.29 is 17.9 Å². The van der Waals surface area contributed by atoms with Gasteiger partial charge in [0.15, 0.2) is 11.5 Å². The van der Waals surface area contributed by atoms with Gasteiger partial charge >= 0.3 is 0 Å². The molecule has 1 aliphatic rings. The van der Waals surface area contributed by atoms with E-state index in [2.05, 4.69) is 4.72 Å². The number of carbonyl (C=O) groups excluding carboxylic acids is 1. The van der Waals surface area contributed by atoms with Crippen molar-refractivity contribution in [2.24, 2.45) is 0 Å². The van der Waals surface area contributed by atoms with Crippen LogP contribution in [0.2, 0.25) is 10.0 Å². The van der Waals surface area contributed by atoms with Gasteiger partial charge in [0.05, 0.1) is 21.5 Å². The standard InChI is InChI=1S/C19H17Cl2NO4S/c1-10-4-6-14(7-5-10)27(24,25)22-18-15-8-13(20)9-16(21)19(15)26-12(3)17(18)11(2)23/h4-9,18,22H,1-3H3. The van der Waals surface area contributed by atoms with Crippen molar-refractivity contribution in [2.45, 2.75) is 31.7 Å². The van der Waals surface area contributed by atoms with Crippen LogP contribution in [0.1, 0.15) is 31.0 Å². The molecule has 0 saturated carbocycles. The van der Waals surface area contributed by atoms with Crippen LogP contribution in [0, 0.1) is 6.92 Å². The maximum atomic E-state index is 12.9. The summed E-state index contributed by atoms with van der Waals surface area (Å²) in [6, 6.07) is 8.49. The largest absolute Gasteiger partial charge is 0.460 e. The average Bonchev–Trinajstić information content (AvgIpc) is 2.55. The quantitative estimate of drug-likeness (QED) is 0.777. The van der Waals surface area contributed by atoms with E-state index in [4.69, 9.17) is 27.9 Å². The van der Waals surface area contributed by atoms with E-state index in [-0.39, 0.29) is 32.8 Å². The molecule has 0 bridgehead atoms. The maximum Gasteiger partial charge on any atom is 0.241 e. The Kier molecular flexibility index (Phi) is 5.36. The number of hydrogen-bond acceptors (Lipinski definition) is 4. The number of nitrogens with one attached hydrogen (secondary N) is 1. The molecule has 1 N–H and O–H groups in total. The van der Waals surface area contributed by atoms with Gasteiger partial charge in [-0.15, -0.1) is 0 Å². The number of rotatable bonds is 4. The van der Waals surface area contributed by atoms with Crippen molar-refractivity contribution in [2.75, 3.05) is 0 Å². The highest BCUT2D eigenvalue weighted by atomic mass is 35.5. The summed E-state index contributed by atoms with van der Waals surface area (Å²) in [5, 5.41) is 0.545. The third kappa shape index (κ3) is 3.89. The van der Waals surface area contributed by atoms with E-state index in [9.17, 15) is 13.2 Å². The molecule has 0 saturated heterocycles. The molecule has 142 valence electrons. The summed E-state index contributed by atoms with van der Waals surface area (Å²) in [4.78, 5) is 12.3. The summed E-state index contributed by atoms with van der Waals surface area (Å²) in [6.07, 6.45) is 0. The lowest BCUT2D eigenvalue weighted by atomic mass is 9.93. The van der Waals surface area contributed by atoms with Crippen molar-refractivity contribution in [3.63, 3.8) is 0 Å². The van der Waals surface area contributed by atoms with Crippen LogP contribution < -0.4 is 9.46 Å². The van der Waals surface area contributed by atoms with Crippen molar-refractivity contribution >= 4 is 39.0 Å². The Morgan fingerprint density at radius 2 is 1.74 bits per heavy atom. The predicted octanol–water partition coefficient (Wildman–Crippen LogP) is 4.58. The van der Waals surface area contributed by atoms with Crippen molar-refractivity contribution in [3.8, 4) is 5.75 Å². The van der Waals surface area contributed by atoms with Crippen LogP contribution >= 0.6 is 23.2 Å². The zero-order valence-corrected chi connectivity index (χ0v) is 17.2. The first-order chi connectivity index (χ1) is 12.6. The molecule has 1 atom stereocenters. The lowest BCUT2D eigenvalue weighted by molar-refractivity contribution is -0.114. The molecule has 2 aromatic carbocycles. The number of halogens is 2. The molecular weight excluding hydrogens is 409 g/mol. The van der Waals surface area contributed by atoms with Gasteiger partial charge in [0.2, 0.25) is 10.0 Å². The molecule has 1 unspecified atom stereocenters. The van der Waals surface area contributed by atoms with Crippen LogP contribution in [0.25, 0.3) is 0 Å². The van der Waals surface area contributed by atoms with E-state index in [1.807, 2.05) is 6.92 Å². The number of benzene rings is 2. The first-order valence-corrected chi connectivity index (χ1v) is 10.3. The van der Waals surface area contributed by atoms with Crippen LogP contribution in [0.5, 0.6) is 5.75 Å². The zero-order valence-electron chi connectivity index (χ0n) is 14.8. The number of Topliss-reactive ketones (excluding diaryl/α,β-unsaturated/α-hetero) is 1. The molecule has 3 rings (SSSR count). The normalized spacial score (nSPS) is 16.7. The molecule has 0 aliphatic carbocycles. The van der Waals surface area contributed by atoms with Crippen molar-refractivity contribution in [1.29, 1.82) is 0 Å². The molecule has 0 radical (unpaired) electrons. The smallest absolute Gasteiger partial charge is 0.241 e. The second-order valence-electron chi connectivity index (χ2n) is 6.30. The first-order valence-electron chi connectivity index (χ1n) is 8.07. The van der Waals surface area contributed by atoms with Gasteiger partial charge < -0.3 is 4.74 Å². The molecule has 27 heavy (non-hydrogen) atoms. The van der Waals surface area contributed by atoms with Gasteiger partial charge in [-0.2, -0.15) is 4.72 Å². The molecule has 0 aromatic heterocycles. The number of ketones is 1. The molecule has 0 amide bonds. The van der Waals surface area contributed by atoms with Gasteiger partial charge in [0.25, 0.3) is 0 Å². The number of hydrogen-bond donors (Lipinski definition) is 1. The van der Waals surface area contributed by atoms with E-state index in [1.165, 1.54) is 25.1 Å². The van der Waals surface area contributed by atoms with Gasteiger partial charge in [-0.05, 0) is 45.0 Å². The summed E-state index contributed by atoms with van der Waals surface area (Å²) in [6.45, 7) is 4.81. The molecular formula is C19H17Cl2NO4S. The monoisotopic (exact) mass is 425 g/mol. The molecule has 2 aromatic rings. The number of allylic oxidation sites excluding steroid dienone is 1. The van der Waals surface area contributed by atoms with Crippen LogP contribution in [0.15, 0.2) is 52.6 Å². The Morgan fingerprint density at radius 3 is 2.33 bits per heavy atom. The Labute approximate surface area is 168 Å². The second kappa shape index (κ2) is 7.28. The fourth-order valence-corrected chi connectivity index (χ4v) is 4.72. The topological polar surface area (TPSA) is 72.5 Å². The minimum Gasteiger partial charge on any atom is -0.460 e. The third-order valence-corrected chi connectivity index (χ3v) is 6.19. The summed E-state index contributed by atoms with van der Waals surface area (Å²) in [5.74, 6) is 0.252. The van der Waals surface area contributed by atoms with Gasteiger partial charge in [0.1, 0.15) is 5.76 Å². The number of carbonyl (C=O) groups is 1. The maximum absolute atomic E-state index is 12.9. The number of aryl methyl sites for hydroxylation is 1. The minimum atomic E-state index is -3.91. The Bertz CT molecular complexity index is 1060. The van der Waals surface area contributed by atoms with Crippen LogP contribution in [-0.2, 0) is 14.8 Å². The van der Waals surface area contributed by atoms with Crippen molar-refractivity contribution in [3.05, 3.63) is 68.9 Å². The molecule has 5 nitrogen and oxygen atoms in total. The molecule has 0 spiro atoms. The van der Waals surface area contributed by atoms with Crippen molar-refractivity contribution in [1.82, 2.24) is 4.72 Å². The average molecular weight is 426 g/mol. The number of sulfonamides is 1. The van der Waals surface area contributed by atoms with Crippen LogP contribution in [0.3, 0.4) is 0 Å². The van der Waals surface area contributed by atoms with Gasteiger partial charge in [-0.25, -0.2) is 8.42 Å². The highest BCUT2D eigenvalue weighted by molar-refractivity contribution is 7.89. The molecule has 8 heteroatoms. The van der Waals surface area contributed by atoms with E-state index >= 15 is 0 Å². The fourth-order valence-electron chi connectivity index (χ4n) is 2.98. The number of fused-ring (bicyclic) bond motifs is 1. The predicted molar refractivity (Wildman–Crippen MR) is 105 cm³/mol. The van der Waals surface area contributed by atoms with E-state index in [0.717, 1.165) is 5.56 Å². The van der Waals surface area contributed by atoms with E-state index in [1.54, 1.807) is 25.1 Å². The van der Waals surface area contributed by atoms with E-state index in [0.29, 0.717) is 10.6 Å². The van der Waals surface area contributed by atoms with Crippen LogP contribution in [0.4, 0.5) is 0 Å². The molecule has 1 heterocycles. The minimum absolute atomic E-state index is 0.0924. The Hall–Kier alpha value is -1.86. The SMILES string of the molecule is CC(=O)C1=C(C)Oc2c(Cl)cc(Cl)cc2C1NS(=O)(=O)c1ccc(C)cc1. The highest BCUT2D eigenvalue weighted by Gasteiger charge is 2.35. The fraction of sp³-hybridized carbons (Fsp3) is 0.211. The summed E-state index contributed by atoms with van der Waals surface area (Å²) >= 11 is 12.3. The Morgan fingerprint density at radius 1 is 1.11 bits per heavy atom. The summed E-state index contributed by atoms with van der Waals surface area (Å²) < 4.78 is 34.1. The lowest BCUT2D eigenvalue weighted by Crippen LogP contribution is -2.34. The summed E-state index contributed by atoms with van der Waals surface area (Å²) in [7, 11) is -3.91. The second-order valence-corrected chi connectivity index (χ2v) is 8.86. The van der Waals surface area contributed by atoms with E-state index < -0.39 is 16.1 Å². The lowest BCUT2D eigenvalue weighted by Gasteiger charge is -2.29. The van der Waals surface area contributed by atoms with Gasteiger partial charge in [0, 0.05) is 10.6 Å². The molecule has 1 aliphatic heterocycles. The molecule has 0 fully saturated rings. The summed E-state index contributed by atoms with van der Waals surface area (Å²) in [5.41, 5.74) is 1.53. The van der Waals surface area contributed by atoms with Crippen LogP contribution in [-0.4, -0.2) is 14.2 Å². The third-order valence-electron chi connectivity index (χ3n) is 4.25. The van der Waals surface area contributed by atoms with Gasteiger partial charge in [-0.3, -0.25) is 4.79 Å². The highest BCUT2D eigenvalue weighted by Crippen LogP contribution is 2.44. The Balaban J connectivity index is 2.14. The number of ether oxygens (including phenoxy) is 1.